The van der Waals surface area contributed by atoms with Crippen LogP contribution in [0.5, 0.6) is 0 Å². The third-order valence-electron chi connectivity index (χ3n) is 6.20. The summed E-state index contributed by atoms with van der Waals surface area (Å²) >= 11 is 0. The van der Waals surface area contributed by atoms with Crippen LogP contribution in [0.15, 0.2) is 60.7 Å². The molecule has 0 unspecified atom stereocenters. The van der Waals surface area contributed by atoms with Crippen LogP contribution < -0.4 is 5.32 Å². The van der Waals surface area contributed by atoms with Crippen LogP contribution in [-0.2, 0) is 11.2 Å². The Labute approximate surface area is 166 Å². The summed E-state index contributed by atoms with van der Waals surface area (Å²) in [5, 5.41) is 3.09. The number of rotatable bonds is 5. The second-order valence-corrected chi connectivity index (χ2v) is 7.97. The first-order valence-electron chi connectivity index (χ1n) is 10.4. The number of hydrogen-bond acceptors (Lipinski definition) is 2. The molecule has 0 bridgehead atoms. The Morgan fingerprint density at radius 1 is 0.929 bits per heavy atom. The molecule has 1 heterocycles. The third kappa shape index (κ3) is 3.96. The molecule has 1 saturated heterocycles. The smallest absolute Gasteiger partial charge is 0.254 e. The van der Waals surface area contributed by atoms with Crippen LogP contribution in [0.2, 0.25) is 0 Å². The minimum absolute atomic E-state index is 0.00166. The molecule has 0 aromatic heterocycles. The lowest BCUT2D eigenvalue weighted by atomic mass is 9.84. The molecule has 1 aliphatic carbocycles. The molecule has 146 valence electrons. The molecule has 1 N–H and O–H groups in total. The van der Waals surface area contributed by atoms with E-state index in [4.69, 9.17) is 0 Å². The zero-order valence-corrected chi connectivity index (χ0v) is 16.2. The quantitative estimate of drug-likeness (QED) is 0.862. The summed E-state index contributed by atoms with van der Waals surface area (Å²) in [6, 6.07) is 19.4. The molecule has 1 saturated carbocycles. The Hall–Kier alpha value is -2.62. The van der Waals surface area contributed by atoms with Gasteiger partial charge in [0.15, 0.2) is 0 Å². The number of carbonyl (C=O) groups is 2. The Balaban J connectivity index is 1.47. The number of carbonyl (C=O) groups excluding carboxylic acids is 2. The summed E-state index contributed by atoms with van der Waals surface area (Å²) in [5.41, 5.74) is 1.89. The second kappa shape index (κ2) is 8.59. The van der Waals surface area contributed by atoms with Gasteiger partial charge in [-0.25, -0.2) is 0 Å². The molecule has 0 spiro atoms. The van der Waals surface area contributed by atoms with Gasteiger partial charge in [-0.3, -0.25) is 9.59 Å². The van der Waals surface area contributed by atoms with Crippen molar-refractivity contribution >= 4 is 11.8 Å². The third-order valence-corrected chi connectivity index (χ3v) is 6.20. The maximum absolute atomic E-state index is 13.3. The van der Waals surface area contributed by atoms with Gasteiger partial charge in [-0.05, 0) is 49.3 Å². The van der Waals surface area contributed by atoms with Gasteiger partial charge in [0, 0.05) is 18.2 Å². The minimum atomic E-state index is -0.350. The van der Waals surface area contributed by atoms with Crippen molar-refractivity contribution < 1.29 is 9.59 Å². The summed E-state index contributed by atoms with van der Waals surface area (Å²) in [6.07, 6.45) is 6.08. The molecule has 2 amide bonds. The molecule has 28 heavy (non-hydrogen) atoms. The molecule has 4 nitrogen and oxygen atoms in total. The molecule has 4 rings (SSSR count). The summed E-state index contributed by atoms with van der Waals surface area (Å²) in [5.74, 6) is 0.444. The Kier molecular flexibility index (Phi) is 5.75. The molecule has 2 aromatic carbocycles. The van der Waals surface area contributed by atoms with Gasteiger partial charge in [0.05, 0.1) is 0 Å². The molecule has 2 aliphatic rings. The summed E-state index contributed by atoms with van der Waals surface area (Å²) in [4.78, 5) is 28.2. The van der Waals surface area contributed by atoms with E-state index >= 15 is 0 Å². The van der Waals surface area contributed by atoms with E-state index in [0.717, 1.165) is 32.1 Å². The molecular weight excluding hydrogens is 348 g/mol. The maximum atomic E-state index is 13.3. The Morgan fingerprint density at radius 3 is 2.36 bits per heavy atom. The van der Waals surface area contributed by atoms with Crippen LogP contribution in [0.3, 0.4) is 0 Å². The van der Waals surface area contributed by atoms with Crippen LogP contribution in [0.25, 0.3) is 0 Å². The summed E-state index contributed by atoms with van der Waals surface area (Å²) in [7, 11) is 0. The highest BCUT2D eigenvalue weighted by Crippen LogP contribution is 2.40. The number of benzene rings is 2. The predicted octanol–water partition coefficient (Wildman–Crippen LogP) is 3.82. The molecule has 3 atom stereocenters. The topological polar surface area (TPSA) is 49.4 Å². The highest BCUT2D eigenvalue weighted by atomic mass is 16.2. The van der Waals surface area contributed by atoms with Crippen LogP contribution in [0.1, 0.15) is 48.0 Å². The van der Waals surface area contributed by atoms with E-state index in [9.17, 15) is 9.59 Å². The zero-order valence-electron chi connectivity index (χ0n) is 16.2. The van der Waals surface area contributed by atoms with E-state index in [2.05, 4.69) is 17.4 Å². The highest BCUT2D eigenvalue weighted by molar-refractivity contribution is 5.98. The first-order chi connectivity index (χ1) is 13.7. The van der Waals surface area contributed by atoms with Crippen molar-refractivity contribution in [3.63, 3.8) is 0 Å². The average molecular weight is 377 g/mol. The molecule has 0 radical (unpaired) electrons. The van der Waals surface area contributed by atoms with Crippen molar-refractivity contribution in [3.05, 3.63) is 71.8 Å². The van der Waals surface area contributed by atoms with Gasteiger partial charge in [-0.15, -0.1) is 0 Å². The molecule has 2 aromatic rings. The van der Waals surface area contributed by atoms with Crippen LogP contribution in [-0.4, -0.2) is 35.3 Å². The number of hydrogen-bond donors (Lipinski definition) is 1. The number of likely N-dealkylation sites (tertiary alicyclic amines) is 1. The van der Waals surface area contributed by atoms with E-state index in [-0.39, 0.29) is 23.9 Å². The van der Waals surface area contributed by atoms with E-state index in [1.807, 2.05) is 53.4 Å². The fourth-order valence-corrected chi connectivity index (χ4v) is 4.81. The van der Waals surface area contributed by atoms with E-state index in [1.54, 1.807) is 0 Å². The van der Waals surface area contributed by atoms with Gasteiger partial charge >= 0.3 is 0 Å². The first kappa shape index (κ1) is 18.7. The number of nitrogens with zero attached hydrogens (tertiary/aromatic N) is 1. The summed E-state index contributed by atoms with van der Waals surface area (Å²) in [6.45, 7) is 0.599. The van der Waals surface area contributed by atoms with E-state index < -0.39 is 0 Å². The number of amides is 2. The van der Waals surface area contributed by atoms with Crippen molar-refractivity contribution in [2.45, 2.75) is 50.6 Å². The molecule has 1 aliphatic heterocycles. The van der Waals surface area contributed by atoms with Gasteiger partial charge < -0.3 is 10.2 Å². The van der Waals surface area contributed by atoms with Crippen molar-refractivity contribution in [2.24, 2.45) is 5.92 Å². The molecular formula is C24H28N2O2. The average Bonchev–Trinajstić information content (AvgIpc) is 3.14. The predicted molar refractivity (Wildman–Crippen MR) is 110 cm³/mol. The van der Waals surface area contributed by atoms with Crippen LogP contribution in [0, 0.1) is 5.92 Å². The Morgan fingerprint density at radius 2 is 1.61 bits per heavy atom. The first-order valence-corrected chi connectivity index (χ1v) is 10.4. The molecule has 4 heteroatoms. The fraction of sp³-hybridized carbons (Fsp3) is 0.417. The van der Waals surface area contributed by atoms with Crippen molar-refractivity contribution in [2.75, 3.05) is 6.54 Å². The lowest BCUT2D eigenvalue weighted by molar-refractivity contribution is -0.125. The Bertz CT molecular complexity index is 806. The lowest BCUT2D eigenvalue weighted by Crippen LogP contribution is -2.49. The highest BCUT2D eigenvalue weighted by Gasteiger charge is 2.47. The van der Waals surface area contributed by atoms with Crippen LogP contribution >= 0.6 is 0 Å². The standard InChI is InChI=1S/C24H28N2O2/c27-23(25-16-15-18-9-3-1-4-10-18)22-17-20-13-7-8-14-21(20)26(22)24(28)19-11-5-2-6-12-19/h1-6,9-12,20-22H,7-8,13-17H2,(H,25,27)/t20-,21-,22-/m0/s1. The number of fused-ring (bicyclic) bond motifs is 1. The largest absolute Gasteiger partial charge is 0.354 e. The van der Waals surface area contributed by atoms with Gasteiger partial charge in [-0.2, -0.15) is 0 Å². The van der Waals surface area contributed by atoms with E-state index in [1.165, 1.54) is 12.0 Å². The van der Waals surface area contributed by atoms with Gasteiger partial charge in [0.2, 0.25) is 5.91 Å². The lowest BCUT2D eigenvalue weighted by Gasteiger charge is -2.33. The van der Waals surface area contributed by atoms with Crippen molar-refractivity contribution in [1.29, 1.82) is 0 Å². The summed E-state index contributed by atoms with van der Waals surface area (Å²) < 4.78 is 0. The SMILES string of the molecule is O=C(NCCc1ccccc1)[C@@H]1C[C@@H]2CCCC[C@@H]2N1C(=O)c1ccccc1. The maximum Gasteiger partial charge on any atom is 0.254 e. The van der Waals surface area contributed by atoms with Crippen molar-refractivity contribution in [1.82, 2.24) is 10.2 Å². The monoisotopic (exact) mass is 376 g/mol. The zero-order chi connectivity index (χ0) is 19.3. The second-order valence-electron chi connectivity index (χ2n) is 7.97. The number of nitrogens with one attached hydrogen (secondary N) is 1. The van der Waals surface area contributed by atoms with E-state index in [0.29, 0.717) is 18.0 Å². The minimum Gasteiger partial charge on any atom is -0.354 e. The molecule has 2 fully saturated rings. The van der Waals surface area contributed by atoms with Gasteiger partial charge in [0.25, 0.3) is 5.91 Å². The van der Waals surface area contributed by atoms with Gasteiger partial charge in [0.1, 0.15) is 6.04 Å². The fourth-order valence-electron chi connectivity index (χ4n) is 4.81. The van der Waals surface area contributed by atoms with Gasteiger partial charge in [-0.1, -0.05) is 61.4 Å². The van der Waals surface area contributed by atoms with Crippen molar-refractivity contribution in [3.8, 4) is 0 Å². The normalized spacial score (nSPS) is 23.9. The van der Waals surface area contributed by atoms with Crippen LogP contribution in [0.4, 0.5) is 0 Å².